The fraction of sp³-hybridized carbons (Fsp3) is 0.444. The summed E-state index contributed by atoms with van der Waals surface area (Å²) in [5, 5.41) is 2.62. The molecule has 0 radical (unpaired) electrons. The Kier molecular flexibility index (Phi) is 6.81. The number of rotatable bonds is 7. The highest BCUT2D eigenvalue weighted by Gasteiger charge is 2.15. The molecule has 1 atom stereocenters. The molecule has 5 nitrogen and oxygen atoms in total. The Morgan fingerprint density at radius 3 is 3.12 bits per heavy atom. The van der Waals surface area contributed by atoms with Crippen LogP contribution in [-0.2, 0) is 20.8 Å². The zero-order valence-corrected chi connectivity index (χ0v) is 15.5. The van der Waals surface area contributed by atoms with Crippen molar-refractivity contribution in [1.82, 2.24) is 4.57 Å². The summed E-state index contributed by atoms with van der Waals surface area (Å²) in [5.74, 6) is -0.178. The zero-order valence-electron chi connectivity index (χ0n) is 13.9. The van der Waals surface area contributed by atoms with E-state index in [4.69, 9.17) is 21.1 Å². The number of benzene rings is 1. The molecule has 1 aromatic carbocycles. The number of hydrogen-bond donors (Lipinski definition) is 0. The molecule has 25 heavy (non-hydrogen) atoms. The largest absolute Gasteiger partial charge is 0.378 e. The van der Waals surface area contributed by atoms with Gasteiger partial charge in [-0.25, -0.2) is 0 Å². The molecule has 0 saturated carbocycles. The monoisotopic (exact) mass is 380 g/mol. The number of thiazole rings is 1. The van der Waals surface area contributed by atoms with Gasteiger partial charge in [-0.2, -0.15) is 4.99 Å². The number of halogens is 1. The first kappa shape index (κ1) is 18.3. The van der Waals surface area contributed by atoms with Gasteiger partial charge in [0.2, 0.25) is 0 Å². The molecule has 0 spiro atoms. The molecule has 0 aliphatic carbocycles. The van der Waals surface area contributed by atoms with Crippen LogP contribution in [0.3, 0.4) is 0 Å². The van der Waals surface area contributed by atoms with Crippen LogP contribution in [0.1, 0.15) is 24.8 Å². The topological polar surface area (TPSA) is 52.8 Å². The predicted octanol–water partition coefficient (Wildman–Crippen LogP) is 3.26. The summed E-state index contributed by atoms with van der Waals surface area (Å²) in [5.41, 5.74) is 0.997. The Hall–Kier alpha value is -1.47. The third-order valence-corrected chi connectivity index (χ3v) is 5.13. The molecule has 0 N–H and O–H groups in total. The Balaban J connectivity index is 1.53. The normalized spacial score (nSPS) is 18.0. The van der Waals surface area contributed by atoms with E-state index in [-0.39, 0.29) is 18.4 Å². The van der Waals surface area contributed by atoms with E-state index < -0.39 is 0 Å². The van der Waals surface area contributed by atoms with E-state index in [0.29, 0.717) is 29.6 Å². The third-order valence-electron chi connectivity index (χ3n) is 3.97. The van der Waals surface area contributed by atoms with Gasteiger partial charge < -0.3 is 14.0 Å². The maximum atomic E-state index is 12.1. The number of carbonyl (C=O) groups excluding carboxylic acids is 1. The van der Waals surface area contributed by atoms with Crippen molar-refractivity contribution in [3.8, 4) is 0 Å². The van der Waals surface area contributed by atoms with Crippen molar-refractivity contribution in [2.24, 2.45) is 4.99 Å². The fourth-order valence-electron chi connectivity index (χ4n) is 2.63. The molecule has 2 aromatic rings. The van der Waals surface area contributed by atoms with Gasteiger partial charge in [0, 0.05) is 23.2 Å². The summed E-state index contributed by atoms with van der Waals surface area (Å²) in [6.07, 6.45) is 4.49. The number of ether oxygens (including phenoxy) is 2. The van der Waals surface area contributed by atoms with E-state index >= 15 is 0 Å². The molecule has 1 aliphatic rings. The Morgan fingerprint density at radius 1 is 1.44 bits per heavy atom. The molecule has 1 fully saturated rings. The molecule has 1 saturated heterocycles. The number of aromatic nitrogens is 1. The second-order valence-corrected chi connectivity index (χ2v) is 7.15. The molecular formula is C18H21ClN2O3S. The van der Waals surface area contributed by atoms with Crippen molar-refractivity contribution in [2.45, 2.75) is 31.9 Å². The number of carbonyl (C=O) groups is 1. The van der Waals surface area contributed by atoms with E-state index in [2.05, 4.69) is 4.99 Å². The molecule has 7 heteroatoms. The maximum Gasteiger partial charge on any atom is 0.250 e. The quantitative estimate of drug-likeness (QED) is 0.693. The predicted molar refractivity (Wildman–Crippen MR) is 97.8 cm³/mol. The van der Waals surface area contributed by atoms with Crippen molar-refractivity contribution in [2.75, 3.05) is 19.8 Å². The van der Waals surface area contributed by atoms with Crippen LogP contribution in [0.2, 0.25) is 5.02 Å². The van der Waals surface area contributed by atoms with Gasteiger partial charge in [0.05, 0.1) is 32.3 Å². The van der Waals surface area contributed by atoms with Gasteiger partial charge in [-0.05, 0) is 24.5 Å². The highest BCUT2D eigenvalue weighted by atomic mass is 35.5. The van der Waals surface area contributed by atoms with E-state index in [1.54, 1.807) is 0 Å². The van der Waals surface area contributed by atoms with E-state index in [1.165, 1.54) is 11.3 Å². The van der Waals surface area contributed by atoms with Gasteiger partial charge in [-0.15, -0.1) is 11.3 Å². The number of nitrogens with zero attached hydrogens (tertiary/aromatic N) is 2. The van der Waals surface area contributed by atoms with Crippen molar-refractivity contribution in [3.63, 3.8) is 0 Å². The summed E-state index contributed by atoms with van der Waals surface area (Å²) in [6.45, 7) is 2.33. The average Bonchev–Trinajstić information content (AvgIpc) is 3.26. The van der Waals surface area contributed by atoms with Gasteiger partial charge in [-0.1, -0.05) is 29.8 Å². The van der Waals surface area contributed by atoms with Crippen molar-refractivity contribution < 1.29 is 14.3 Å². The second-order valence-electron chi connectivity index (χ2n) is 5.87. The van der Waals surface area contributed by atoms with Crippen LogP contribution in [0.15, 0.2) is 40.8 Å². The number of amides is 1. The first-order valence-corrected chi connectivity index (χ1v) is 9.62. The van der Waals surface area contributed by atoms with Crippen LogP contribution < -0.4 is 4.80 Å². The SMILES string of the molecule is O=C(CCOCC1CCCO1)N=c1sccn1Cc1ccccc1Cl. The minimum absolute atomic E-state index is 0.178. The smallest absolute Gasteiger partial charge is 0.250 e. The van der Waals surface area contributed by atoms with E-state index in [9.17, 15) is 4.79 Å². The van der Waals surface area contributed by atoms with Crippen LogP contribution in [0, 0.1) is 0 Å². The molecule has 1 amide bonds. The Bertz CT molecular complexity index is 765. The van der Waals surface area contributed by atoms with Gasteiger partial charge in [0.15, 0.2) is 4.80 Å². The van der Waals surface area contributed by atoms with Crippen LogP contribution in [0.4, 0.5) is 0 Å². The molecule has 1 aliphatic heterocycles. The molecular weight excluding hydrogens is 360 g/mol. The van der Waals surface area contributed by atoms with Crippen molar-refractivity contribution in [3.05, 3.63) is 51.2 Å². The van der Waals surface area contributed by atoms with Crippen LogP contribution in [0.5, 0.6) is 0 Å². The van der Waals surface area contributed by atoms with Gasteiger partial charge in [0.1, 0.15) is 0 Å². The first-order valence-electron chi connectivity index (χ1n) is 8.36. The van der Waals surface area contributed by atoms with Crippen molar-refractivity contribution >= 4 is 28.8 Å². The van der Waals surface area contributed by atoms with Crippen LogP contribution >= 0.6 is 22.9 Å². The maximum absolute atomic E-state index is 12.1. The van der Waals surface area contributed by atoms with Gasteiger partial charge in [-0.3, -0.25) is 4.79 Å². The average molecular weight is 381 g/mol. The highest BCUT2D eigenvalue weighted by Crippen LogP contribution is 2.15. The van der Waals surface area contributed by atoms with Gasteiger partial charge >= 0.3 is 0 Å². The minimum Gasteiger partial charge on any atom is -0.378 e. The minimum atomic E-state index is -0.178. The summed E-state index contributed by atoms with van der Waals surface area (Å²) in [7, 11) is 0. The fourth-order valence-corrected chi connectivity index (χ4v) is 3.57. The van der Waals surface area contributed by atoms with Crippen LogP contribution in [-0.4, -0.2) is 36.4 Å². The molecule has 1 unspecified atom stereocenters. The summed E-state index contributed by atoms with van der Waals surface area (Å²) in [6, 6.07) is 7.67. The van der Waals surface area contributed by atoms with Crippen molar-refractivity contribution in [1.29, 1.82) is 0 Å². The Labute approximate surface area is 155 Å². The summed E-state index contributed by atoms with van der Waals surface area (Å²) < 4.78 is 12.9. The third kappa shape index (κ3) is 5.51. The first-order chi connectivity index (χ1) is 12.2. The molecule has 134 valence electrons. The highest BCUT2D eigenvalue weighted by molar-refractivity contribution is 7.07. The molecule has 0 bridgehead atoms. The van der Waals surface area contributed by atoms with Crippen LogP contribution in [0.25, 0.3) is 0 Å². The van der Waals surface area contributed by atoms with E-state index in [0.717, 1.165) is 25.0 Å². The molecule has 2 heterocycles. The van der Waals surface area contributed by atoms with Gasteiger partial charge in [0.25, 0.3) is 5.91 Å². The lowest BCUT2D eigenvalue weighted by atomic mass is 10.2. The van der Waals surface area contributed by atoms with E-state index in [1.807, 2.05) is 40.4 Å². The second kappa shape index (κ2) is 9.29. The zero-order chi connectivity index (χ0) is 17.5. The lowest BCUT2D eigenvalue weighted by Gasteiger charge is -2.08. The standard InChI is InChI=1S/C18H21ClN2O3S/c19-16-6-2-1-4-14(16)12-21-8-11-25-18(21)20-17(22)7-10-23-13-15-5-3-9-24-15/h1-2,4,6,8,11,15H,3,5,7,9-10,12-13H2. The lowest BCUT2D eigenvalue weighted by Crippen LogP contribution is -2.18. The summed E-state index contributed by atoms with van der Waals surface area (Å²) in [4.78, 5) is 16.9. The lowest BCUT2D eigenvalue weighted by molar-refractivity contribution is -0.119. The summed E-state index contributed by atoms with van der Waals surface area (Å²) >= 11 is 7.64. The molecule has 1 aromatic heterocycles. The molecule has 3 rings (SSSR count). The Morgan fingerprint density at radius 2 is 2.32 bits per heavy atom. The number of hydrogen-bond acceptors (Lipinski definition) is 4.